The SMILES string of the molecule is CC/C=C\C/C=C\C/C=C\C/C=C\C/C=C\CCCCCCCCCCCCCC(=O)OC(/C=C\CCCCCCCCCCCC)C(COP(=O)(O)OCC[N+](C)(C)C)NC(=O)CCCCCCCCCCC/C=C/CCCCCCCC. The fourth-order valence-corrected chi connectivity index (χ4v) is 10.9. The number of ether oxygens (including phenoxy) is 1. The Morgan fingerprint density at radius 3 is 1.15 bits per heavy atom. The third kappa shape index (κ3) is 63.7. The minimum Gasteiger partial charge on any atom is -0.456 e. The number of likely N-dealkylation sites (N-methyl/N-ethyl adjacent to an activating group) is 1. The Morgan fingerprint density at radius 1 is 0.429 bits per heavy atom. The smallest absolute Gasteiger partial charge is 0.456 e. The van der Waals surface area contributed by atoms with E-state index in [2.05, 4.69) is 99.0 Å². The predicted molar refractivity (Wildman–Crippen MR) is 364 cm³/mol. The molecule has 0 aromatic rings. The molecule has 0 saturated heterocycles. The second kappa shape index (κ2) is 63.2. The quantitative estimate of drug-likeness (QED) is 0.0205. The van der Waals surface area contributed by atoms with E-state index in [1.807, 2.05) is 33.3 Å². The summed E-state index contributed by atoms with van der Waals surface area (Å²) in [5.74, 6) is -0.504. The highest BCUT2D eigenvalue weighted by Gasteiger charge is 2.30. The molecule has 3 unspecified atom stereocenters. The summed E-state index contributed by atoms with van der Waals surface area (Å²) in [5, 5.41) is 3.07. The Kier molecular flexibility index (Phi) is 61.1. The van der Waals surface area contributed by atoms with Gasteiger partial charge in [-0.15, -0.1) is 0 Å². The maximum absolute atomic E-state index is 13.6. The summed E-state index contributed by atoms with van der Waals surface area (Å²) in [6, 6.07) is -0.854. The van der Waals surface area contributed by atoms with Crippen LogP contribution in [0, 0.1) is 0 Å². The number of rotatable bonds is 64. The lowest BCUT2D eigenvalue weighted by atomic mass is 10.0. The summed E-state index contributed by atoms with van der Waals surface area (Å²) in [7, 11) is 1.49. The van der Waals surface area contributed by atoms with Gasteiger partial charge in [-0.1, -0.05) is 292 Å². The zero-order valence-corrected chi connectivity index (χ0v) is 56.8. The molecule has 0 aliphatic heterocycles. The van der Waals surface area contributed by atoms with Gasteiger partial charge in [-0.25, -0.2) is 4.57 Å². The molecule has 0 bridgehead atoms. The van der Waals surface area contributed by atoms with Gasteiger partial charge in [0, 0.05) is 12.8 Å². The average molecular weight is 1200 g/mol. The van der Waals surface area contributed by atoms with Crippen LogP contribution in [-0.4, -0.2) is 74.3 Å². The first-order valence-electron chi connectivity index (χ1n) is 35.4. The van der Waals surface area contributed by atoms with Crippen LogP contribution in [0.25, 0.3) is 0 Å². The van der Waals surface area contributed by atoms with Crippen molar-refractivity contribution in [2.45, 2.75) is 335 Å². The number of nitrogens with one attached hydrogen (secondary N) is 1. The van der Waals surface area contributed by atoms with Gasteiger partial charge < -0.3 is 19.4 Å². The van der Waals surface area contributed by atoms with E-state index in [9.17, 15) is 19.0 Å². The zero-order chi connectivity index (χ0) is 61.4. The molecule has 0 spiro atoms. The second-order valence-electron chi connectivity index (χ2n) is 25.0. The Balaban J connectivity index is 5.06. The van der Waals surface area contributed by atoms with E-state index in [0.717, 1.165) is 89.9 Å². The molecular weight excluding hydrogens is 1060 g/mol. The van der Waals surface area contributed by atoms with Crippen molar-refractivity contribution >= 4 is 19.7 Å². The summed E-state index contributed by atoms with van der Waals surface area (Å²) >= 11 is 0. The van der Waals surface area contributed by atoms with Crippen molar-refractivity contribution < 1.29 is 37.3 Å². The normalized spacial score (nSPS) is 14.0. The number of unbranched alkanes of at least 4 members (excludes halogenated alkanes) is 36. The van der Waals surface area contributed by atoms with Gasteiger partial charge >= 0.3 is 13.8 Å². The van der Waals surface area contributed by atoms with E-state index in [4.69, 9.17) is 13.8 Å². The molecule has 9 nitrogen and oxygen atoms in total. The van der Waals surface area contributed by atoms with Crippen molar-refractivity contribution in [1.82, 2.24) is 5.32 Å². The van der Waals surface area contributed by atoms with Gasteiger partial charge in [0.2, 0.25) is 5.91 Å². The first-order chi connectivity index (χ1) is 40.9. The lowest BCUT2D eigenvalue weighted by molar-refractivity contribution is -0.870. The van der Waals surface area contributed by atoms with Gasteiger partial charge in [0.15, 0.2) is 0 Å². The molecule has 488 valence electrons. The Hall–Kier alpha value is -2.81. The first-order valence-corrected chi connectivity index (χ1v) is 36.9. The van der Waals surface area contributed by atoms with E-state index >= 15 is 0 Å². The third-order valence-corrected chi connectivity index (χ3v) is 16.6. The molecular formula is C74H136N2O7P+. The minimum atomic E-state index is -4.46. The van der Waals surface area contributed by atoms with E-state index in [1.54, 1.807) is 0 Å². The Morgan fingerprint density at radius 2 is 0.762 bits per heavy atom. The predicted octanol–water partition coefficient (Wildman–Crippen LogP) is 22.5. The number of quaternary nitrogens is 1. The highest BCUT2D eigenvalue weighted by Crippen LogP contribution is 2.43. The van der Waals surface area contributed by atoms with E-state index in [0.29, 0.717) is 17.4 Å². The number of hydrogen-bond acceptors (Lipinski definition) is 6. The minimum absolute atomic E-state index is 0.0376. The molecule has 84 heavy (non-hydrogen) atoms. The largest absolute Gasteiger partial charge is 0.472 e. The van der Waals surface area contributed by atoms with Crippen LogP contribution in [0.2, 0.25) is 0 Å². The fraction of sp³-hybridized carbons (Fsp3) is 0.784. The van der Waals surface area contributed by atoms with Gasteiger partial charge in [-0.05, 0) is 102 Å². The summed E-state index contributed by atoms with van der Waals surface area (Å²) in [6.45, 7) is 6.92. The second-order valence-corrected chi connectivity index (χ2v) is 26.5. The van der Waals surface area contributed by atoms with Crippen molar-refractivity contribution in [2.24, 2.45) is 0 Å². The van der Waals surface area contributed by atoms with Crippen LogP contribution in [0.5, 0.6) is 0 Å². The molecule has 10 heteroatoms. The Bertz CT molecular complexity index is 1710. The molecule has 0 aromatic heterocycles. The number of nitrogens with zero attached hydrogens (tertiary/aromatic N) is 1. The van der Waals surface area contributed by atoms with Gasteiger partial charge in [-0.3, -0.25) is 18.6 Å². The fourth-order valence-electron chi connectivity index (χ4n) is 10.1. The highest BCUT2D eigenvalue weighted by molar-refractivity contribution is 7.47. The lowest BCUT2D eigenvalue weighted by Gasteiger charge is -2.27. The molecule has 0 aliphatic carbocycles. The monoisotopic (exact) mass is 1200 g/mol. The maximum Gasteiger partial charge on any atom is 0.472 e. The van der Waals surface area contributed by atoms with Crippen LogP contribution in [0.3, 0.4) is 0 Å². The van der Waals surface area contributed by atoms with Crippen LogP contribution >= 0.6 is 7.82 Å². The van der Waals surface area contributed by atoms with Crippen LogP contribution in [0.15, 0.2) is 85.1 Å². The number of hydrogen-bond donors (Lipinski definition) is 2. The van der Waals surface area contributed by atoms with E-state index in [1.165, 1.54) is 199 Å². The number of carbonyl (C=O) groups excluding carboxylic acids is 2. The van der Waals surface area contributed by atoms with Crippen molar-refractivity contribution in [3.8, 4) is 0 Å². The summed E-state index contributed by atoms with van der Waals surface area (Å²) in [4.78, 5) is 37.9. The molecule has 0 aliphatic rings. The van der Waals surface area contributed by atoms with Gasteiger partial charge in [0.05, 0.1) is 33.8 Å². The van der Waals surface area contributed by atoms with Crippen LogP contribution in [0.4, 0.5) is 0 Å². The molecule has 0 aromatic carbocycles. The van der Waals surface area contributed by atoms with Crippen molar-refractivity contribution in [1.29, 1.82) is 0 Å². The molecule has 0 radical (unpaired) electrons. The van der Waals surface area contributed by atoms with Gasteiger partial charge in [0.1, 0.15) is 19.3 Å². The van der Waals surface area contributed by atoms with Crippen molar-refractivity contribution in [3.63, 3.8) is 0 Å². The van der Waals surface area contributed by atoms with E-state index < -0.39 is 20.0 Å². The lowest BCUT2D eigenvalue weighted by Crippen LogP contribution is -2.47. The van der Waals surface area contributed by atoms with Crippen LogP contribution in [0.1, 0.15) is 323 Å². The highest BCUT2D eigenvalue weighted by atomic mass is 31.2. The number of phosphoric ester groups is 1. The summed E-state index contributed by atoms with van der Waals surface area (Å²) in [6.07, 6.45) is 84.5. The molecule has 0 saturated carbocycles. The van der Waals surface area contributed by atoms with Crippen molar-refractivity contribution in [3.05, 3.63) is 85.1 Å². The summed E-state index contributed by atoms with van der Waals surface area (Å²) in [5.41, 5.74) is 0. The number of phosphoric acid groups is 1. The topological polar surface area (TPSA) is 111 Å². The molecule has 0 fully saturated rings. The maximum atomic E-state index is 13.6. The molecule has 0 heterocycles. The first kappa shape index (κ1) is 81.2. The molecule has 0 rings (SSSR count). The van der Waals surface area contributed by atoms with Crippen LogP contribution < -0.4 is 5.32 Å². The zero-order valence-electron chi connectivity index (χ0n) is 55.9. The standard InChI is InChI=1S/C74H135N2O7P/c1-7-10-13-16-19-22-25-28-30-32-34-35-36-37-38-39-40-41-43-45-47-49-52-55-58-61-64-67-74(78)83-72(65-62-59-56-53-50-27-24-21-18-15-12-9-3)71(70-82-84(79,80)81-69-68-76(4,5)6)75-73(77)66-63-60-57-54-51-48-46-44-42-33-31-29-26-23-20-17-14-11-8-2/h10,13,19,22,28-31,34-35,37-38,62,65,71-72H,7-9,11-12,14-18,20-21,23-27,32-33,36,39-61,63-64,66-70H2,1-6H3,(H-,75,77,79,80)/p+1/b13-10-,22-19-,30-28-,31-29+,35-34-,38-37-,65-62-. The Labute approximate surface area is 520 Å². The van der Waals surface area contributed by atoms with Crippen molar-refractivity contribution in [2.75, 3.05) is 40.9 Å². The number of esters is 1. The van der Waals surface area contributed by atoms with E-state index in [-0.39, 0.29) is 31.5 Å². The van der Waals surface area contributed by atoms with Crippen LogP contribution in [-0.2, 0) is 27.9 Å². The summed E-state index contributed by atoms with van der Waals surface area (Å²) < 4.78 is 30.8. The van der Waals surface area contributed by atoms with Gasteiger partial charge in [0.25, 0.3) is 0 Å². The number of carbonyl (C=O) groups is 2. The molecule has 2 N–H and O–H groups in total. The number of amides is 1. The third-order valence-electron chi connectivity index (χ3n) is 15.6. The van der Waals surface area contributed by atoms with Gasteiger partial charge in [-0.2, -0.15) is 0 Å². The average Bonchev–Trinajstić information content (AvgIpc) is 3.65. The number of allylic oxidation sites excluding steroid dienone is 13. The molecule has 1 amide bonds. The molecule has 3 atom stereocenters.